The van der Waals surface area contributed by atoms with E-state index in [1.807, 2.05) is 17.0 Å². The first-order valence-corrected chi connectivity index (χ1v) is 7.72. The summed E-state index contributed by atoms with van der Waals surface area (Å²) < 4.78 is 5.12. The first-order chi connectivity index (χ1) is 11.2. The van der Waals surface area contributed by atoms with Gasteiger partial charge in [-0.05, 0) is 12.1 Å². The third-order valence-corrected chi connectivity index (χ3v) is 4.11. The van der Waals surface area contributed by atoms with Crippen LogP contribution < -0.4 is 9.64 Å². The zero-order valence-electron chi connectivity index (χ0n) is 12.8. The molecule has 0 aliphatic carbocycles. The van der Waals surface area contributed by atoms with Crippen molar-refractivity contribution in [3.63, 3.8) is 0 Å². The summed E-state index contributed by atoms with van der Waals surface area (Å²) in [5.41, 5.74) is 0.542. The summed E-state index contributed by atoms with van der Waals surface area (Å²) in [5, 5.41) is 0.482. The van der Waals surface area contributed by atoms with Gasteiger partial charge >= 0.3 is 0 Å². The number of hydrogen-bond acceptors (Lipinski definition) is 5. The minimum Gasteiger partial charge on any atom is -0.481 e. The van der Waals surface area contributed by atoms with E-state index in [4.69, 9.17) is 16.3 Å². The summed E-state index contributed by atoms with van der Waals surface area (Å²) in [4.78, 5) is 25.0. The monoisotopic (exact) mass is 332 g/mol. The summed E-state index contributed by atoms with van der Waals surface area (Å²) >= 11 is 6.10. The molecule has 0 saturated carbocycles. The molecule has 1 aliphatic rings. The molecule has 1 fully saturated rings. The van der Waals surface area contributed by atoms with Gasteiger partial charge in [0.25, 0.3) is 5.91 Å². The lowest BCUT2D eigenvalue weighted by Gasteiger charge is -2.34. The number of nitrogens with zero attached hydrogens (tertiary/aromatic N) is 4. The van der Waals surface area contributed by atoms with Crippen LogP contribution in [0.5, 0.6) is 5.88 Å². The van der Waals surface area contributed by atoms with E-state index in [1.165, 1.54) is 0 Å². The van der Waals surface area contributed by atoms with Crippen molar-refractivity contribution in [2.75, 3.05) is 38.2 Å². The van der Waals surface area contributed by atoms with Gasteiger partial charge in [-0.15, -0.1) is 0 Å². The first kappa shape index (κ1) is 15.6. The summed E-state index contributed by atoms with van der Waals surface area (Å²) in [6, 6.07) is 8.83. The minimum atomic E-state index is -0.0400. The lowest BCUT2D eigenvalue weighted by atomic mass is 10.2. The SMILES string of the molecule is COc1ccnc(N2CCN(C(=O)c3ccccc3Cl)CC2)n1. The molecule has 0 spiro atoms. The Hall–Kier alpha value is -2.34. The van der Waals surface area contributed by atoms with Crippen LogP contribution in [0.15, 0.2) is 36.5 Å². The average Bonchev–Trinajstić information content (AvgIpc) is 2.62. The Morgan fingerprint density at radius 2 is 1.91 bits per heavy atom. The van der Waals surface area contributed by atoms with Crippen LogP contribution in [-0.2, 0) is 0 Å². The molecule has 0 N–H and O–H groups in total. The van der Waals surface area contributed by atoms with Crippen molar-refractivity contribution in [3.8, 4) is 5.88 Å². The van der Waals surface area contributed by atoms with Gasteiger partial charge in [-0.1, -0.05) is 23.7 Å². The van der Waals surface area contributed by atoms with E-state index in [0.717, 1.165) is 0 Å². The molecule has 0 bridgehead atoms. The molecule has 120 valence electrons. The van der Waals surface area contributed by atoms with E-state index >= 15 is 0 Å². The minimum absolute atomic E-state index is 0.0400. The summed E-state index contributed by atoms with van der Waals surface area (Å²) in [5.74, 6) is 1.11. The standard InChI is InChI=1S/C16H17ClN4O2/c1-23-14-6-7-18-16(19-14)21-10-8-20(9-11-21)15(22)12-4-2-3-5-13(12)17/h2-7H,8-11H2,1H3. The van der Waals surface area contributed by atoms with Gasteiger partial charge in [0.2, 0.25) is 11.8 Å². The van der Waals surface area contributed by atoms with Crippen LogP contribution in [0.4, 0.5) is 5.95 Å². The van der Waals surface area contributed by atoms with Crippen molar-refractivity contribution >= 4 is 23.5 Å². The van der Waals surface area contributed by atoms with Crippen molar-refractivity contribution in [1.82, 2.24) is 14.9 Å². The second kappa shape index (κ2) is 6.83. The van der Waals surface area contributed by atoms with Crippen LogP contribution in [-0.4, -0.2) is 54.1 Å². The highest BCUT2D eigenvalue weighted by Gasteiger charge is 2.24. The Bertz CT molecular complexity index is 702. The van der Waals surface area contributed by atoms with Crippen molar-refractivity contribution in [2.24, 2.45) is 0 Å². The molecule has 0 unspecified atom stereocenters. The molecule has 1 amide bonds. The Labute approximate surface area is 139 Å². The number of hydrogen-bond donors (Lipinski definition) is 0. The highest BCUT2D eigenvalue weighted by Crippen LogP contribution is 2.19. The van der Waals surface area contributed by atoms with E-state index in [9.17, 15) is 4.79 Å². The number of piperazine rings is 1. The average molecular weight is 333 g/mol. The zero-order valence-corrected chi connectivity index (χ0v) is 13.5. The number of carbonyl (C=O) groups excluding carboxylic acids is 1. The fourth-order valence-corrected chi connectivity index (χ4v) is 2.73. The number of halogens is 1. The molecular formula is C16H17ClN4O2. The van der Waals surface area contributed by atoms with Gasteiger partial charge in [0.05, 0.1) is 17.7 Å². The maximum Gasteiger partial charge on any atom is 0.255 e. The number of carbonyl (C=O) groups is 1. The number of benzene rings is 1. The van der Waals surface area contributed by atoms with E-state index in [1.54, 1.807) is 36.4 Å². The van der Waals surface area contributed by atoms with Gasteiger partial charge in [-0.3, -0.25) is 4.79 Å². The number of rotatable bonds is 3. The summed E-state index contributed by atoms with van der Waals surface area (Å²) in [7, 11) is 1.58. The normalized spacial score (nSPS) is 14.7. The van der Waals surface area contributed by atoms with Crippen molar-refractivity contribution < 1.29 is 9.53 Å². The van der Waals surface area contributed by atoms with Crippen LogP contribution in [0.3, 0.4) is 0 Å². The molecule has 1 saturated heterocycles. The molecule has 0 atom stereocenters. The second-order valence-electron chi connectivity index (χ2n) is 5.16. The maximum atomic E-state index is 12.5. The molecule has 1 aliphatic heterocycles. The molecule has 2 heterocycles. The van der Waals surface area contributed by atoms with E-state index in [-0.39, 0.29) is 5.91 Å². The highest BCUT2D eigenvalue weighted by atomic mass is 35.5. The van der Waals surface area contributed by atoms with E-state index < -0.39 is 0 Å². The number of ether oxygens (including phenoxy) is 1. The van der Waals surface area contributed by atoms with Crippen molar-refractivity contribution in [3.05, 3.63) is 47.1 Å². The molecule has 6 nitrogen and oxygen atoms in total. The molecule has 2 aromatic rings. The quantitative estimate of drug-likeness (QED) is 0.861. The first-order valence-electron chi connectivity index (χ1n) is 7.35. The fraction of sp³-hybridized carbons (Fsp3) is 0.312. The summed E-state index contributed by atoms with van der Waals surface area (Å²) in [6.45, 7) is 2.54. The fourth-order valence-electron chi connectivity index (χ4n) is 2.51. The van der Waals surface area contributed by atoms with Gasteiger partial charge in [-0.2, -0.15) is 4.98 Å². The molecule has 3 rings (SSSR count). The lowest BCUT2D eigenvalue weighted by molar-refractivity contribution is 0.0746. The second-order valence-corrected chi connectivity index (χ2v) is 5.57. The third kappa shape index (κ3) is 3.37. The molecular weight excluding hydrogens is 316 g/mol. The highest BCUT2D eigenvalue weighted by molar-refractivity contribution is 6.33. The lowest BCUT2D eigenvalue weighted by Crippen LogP contribution is -2.49. The zero-order chi connectivity index (χ0) is 16.2. The Morgan fingerprint density at radius 1 is 1.17 bits per heavy atom. The van der Waals surface area contributed by atoms with Gasteiger partial charge < -0.3 is 14.5 Å². The van der Waals surface area contributed by atoms with Crippen LogP contribution in [0.2, 0.25) is 5.02 Å². The van der Waals surface area contributed by atoms with Gasteiger partial charge in [0.15, 0.2) is 0 Å². The Balaban J connectivity index is 1.66. The van der Waals surface area contributed by atoms with Crippen LogP contribution in [0.25, 0.3) is 0 Å². The largest absolute Gasteiger partial charge is 0.481 e. The third-order valence-electron chi connectivity index (χ3n) is 3.78. The maximum absolute atomic E-state index is 12.5. The number of amides is 1. The van der Waals surface area contributed by atoms with Gasteiger partial charge in [0.1, 0.15) is 0 Å². The molecule has 0 radical (unpaired) electrons. The molecule has 1 aromatic carbocycles. The van der Waals surface area contributed by atoms with Crippen molar-refractivity contribution in [2.45, 2.75) is 0 Å². The van der Waals surface area contributed by atoms with E-state index in [0.29, 0.717) is 48.6 Å². The molecule has 23 heavy (non-hydrogen) atoms. The smallest absolute Gasteiger partial charge is 0.255 e. The predicted molar refractivity (Wildman–Crippen MR) is 88.2 cm³/mol. The Kier molecular flexibility index (Phi) is 4.62. The number of anilines is 1. The van der Waals surface area contributed by atoms with Crippen LogP contribution in [0.1, 0.15) is 10.4 Å². The molecule has 1 aromatic heterocycles. The van der Waals surface area contributed by atoms with Crippen molar-refractivity contribution in [1.29, 1.82) is 0 Å². The molecule has 7 heteroatoms. The predicted octanol–water partition coefficient (Wildman–Crippen LogP) is 2.10. The topological polar surface area (TPSA) is 58.6 Å². The number of aromatic nitrogens is 2. The number of methoxy groups -OCH3 is 1. The Morgan fingerprint density at radius 3 is 2.61 bits per heavy atom. The van der Waals surface area contributed by atoms with Crippen LogP contribution in [0, 0.1) is 0 Å². The summed E-state index contributed by atoms with van der Waals surface area (Å²) in [6.07, 6.45) is 1.67. The van der Waals surface area contributed by atoms with E-state index in [2.05, 4.69) is 9.97 Å². The van der Waals surface area contributed by atoms with Gasteiger partial charge in [0, 0.05) is 38.4 Å². The van der Waals surface area contributed by atoms with Gasteiger partial charge in [-0.25, -0.2) is 4.98 Å². The van der Waals surface area contributed by atoms with Crippen LogP contribution >= 0.6 is 11.6 Å².